The first-order valence-corrected chi connectivity index (χ1v) is 8.03. The van der Waals surface area contributed by atoms with Crippen LogP contribution in [0.1, 0.15) is 38.7 Å². The van der Waals surface area contributed by atoms with Crippen molar-refractivity contribution in [1.82, 2.24) is 0 Å². The lowest BCUT2D eigenvalue weighted by molar-refractivity contribution is -0.136. The van der Waals surface area contributed by atoms with Gasteiger partial charge < -0.3 is 10.2 Å². The zero-order chi connectivity index (χ0) is 17.7. The number of carbonyl (C=O) groups excluding carboxylic acids is 1. The van der Waals surface area contributed by atoms with E-state index in [0.29, 0.717) is 18.6 Å². The first-order valence-electron chi connectivity index (χ1n) is 8.03. The molecule has 1 aromatic rings. The molecule has 2 N–H and O–H groups in total. The zero-order valence-electron chi connectivity index (χ0n) is 14.1. The molecule has 24 heavy (non-hydrogen) atoms. The average Bonchev–Trinajstić information content (AvgIpc) is 2.46. The molecule has 0 spiro atoms. The highest BCUT2D eigenvalue weighted by molar-refractivity contribution is 6.24. The van der Waals surface area contributed by atoms with Crippen LogP contribution in [-0.4, -0.2) is 34.2 Å². The summed E-state index contributed by atoms with van der Waals surface area (Å²) in [5, 5.41) is 19.3. The monoisotopic (exact) mass is 329 g/mol. The molecule has 0 heterocycles. The third-order valence-corrected chi connectivity index (χ3v) is 3.98. The SMILES string of the molecule is CC1(C)CC(=O)/C(=C(/O)Cc2ccccc2)C(=NCCC(=O)O)C1. The third kappa shape index (κ3) is 4.78. The minimum Gasteiger partial charge on any atom is -0.511 e. The second-order valence-electron chi connectivity index (χ2n) is 6.90. The van der Waals surface area contributed by atoms with Crippen LogP contribution in [0.25, 0.3) is 0 Å². The highest BCUT2D eigenvalue weighted by Gasteiger charge is 2.36. The largest absolute Gasteiger partial charge is 0.511 e. The summed E-state index contributed by atoms with van der Waals surface area (Å²) in [6.07, 6.45) is 1.07. The summed E-state index contributed by atoms with van der Waals surface area (Å²) in [5.41, 5.74) is 1.45. The normalized spacial score (nSPS) is 20.9. The molecule has 0 atom stereocenters. The Morgan fingerprint density at radius 2 is 1.83 bits per heavy atom. The maximum Gasteiger partial charge on any atom is 0.305 e. The number of aliphatic hydroxyl groups excluding tert-OH is 1. The topological polar surface area (TPSA) is 87.0 Å². The summed E-state index contributed by atoms with van der Waals surface area (Å²) >= 11 is 0. The van der Waals surface area contributed by atoms with E-state index < -0.39 is 5.97 Å². The highest BCUT2D eigenvalue weighted by Crippen LogP contribution is 2.35. The number of Topliss-reactive ketones (excluding diaryl/α,β-unsaturated/α-hetero) is 1. The van der Waals surface area contributed by atoms with Crippen LogP contribution in [0.3, 0.4) is 0 Å². The van der Waals surface area contributed by atoms with Crippen LogP contribution in [0, 0.1) is 5.41 Å². The molecule has 128 valence electrons. The quantitative estimate of drug-likeness (QED) is 0.640. The van der Waals surface area contributed by atoms with E-state index in [-0.39, 0.29) is 41.9 Å². The predicted octanol–water partition coefficient (Wildman–Crippen LogP) is 3.35. The number of hydrogen-bond donors (Lipinski definition) is 2. The van der Waals surface area contributed by atoms with Gasteiger partial charge in [-0.3, -0.25) is 14.6 Å². The molecule has 5 nitrogen and oxygen atoms in total. The lowest BCUT2D eigenvalue weighted by Gasteiger charge is -2.31. The molecule has 0 unspecified atom stereocenters. The van der Waals surface area contributed by atoms with Crippen molar-refractivity contribution in [1.29, 1.82) is 0 Å². The number of carboxylic acids is 1. The Hall–Kier alpha value is -2.43. The van der Waals surface area contributed by atoms with E-state index in [1.807, 2.05) is 44.2 Å². The fourth-order valence-corrected chi connectivity index (χ4v) is 2.91. The number of carbonyl (C=O) groups is 2. The maximum atomic E-state index is 12.5. The van der Waals surface area contributed by atoms with Crippen LogP contribution >= 0.6 is 0 Å². The second-order valence-corrected chi connectivity index (χ2v) is 6.90. The Balaban J connectivity index is 2.32. The van der Waals surface area contributed by atoms with Crippen LogP contribution in [0.4, 0.5) is 0 Å². The molecular weight excluding hydrogens is 306 g/mol. The third-order valence-electron chi connectivity index (χ3n) is 3.98. The van der Waals surface area contributed by atoms with E-state index in [1.54, 1.807) is 0 Å². The van der Waals surface area contributed by atoms with Gasteiger partial charge in [0.15, 0.2) is 5.78 Å². The Morgan fingerprint density at radius 3 is 2.46 bits per heavy atom. The molecule has 1 fully saturated rings. The summed E-state index contributed by atoms with van der Waals surface area (Å²) in [5.74, 6) is -1.05. The summed E-state index contributed by atoms with van der Waals surface area (Å²) in [6.45, 7) is 4.06. The molecule has 2 rings (SSSR count). The van der Waals surface area contributed by atoms with Gasteiger partial charge in [-0.2, -0.15) is 0 Å². The smallest absolute Gasteiger partial charge is 0.305 e. The Bertz CT molecular complexity index is 687. The summed E-state index contributed by atoms with van der Waals surface area (Å²) < 4.78 is 0. The average molecular weight is 329 g/mol. The van der Waals surface area contributed by atoms with Crippen molar-refractivity contribution < 1.29 is 19.8 Å². The van der Waals surface area contributed by atoms with Crippen LogP contribution in [0.15, 0.2) is 46.7 Å². The van der Waals surface area contributed by atoms with Crippen LogP contribution in [0.5, 0.6) is 0 Å². The molecule has 1 aliphatic rings. The van der Waals surface area contributed by atoms with E-state index in [2.05, 4.69) is 4.99 Å². The highest BCUT2D eigenvalue weighted by atomic mass is 16.4. The zero-order valence-corrected chi connectivity index (χ0v) is 14.1. The van der Waals surface area contributed by atoms with Crippen LogP contribution < -0.4 is 0 Å². The van der Waals surface area contributed by atoms with Crippen molar-refractivity contribution >= 4 is 17.5 Å². The summed E-state index contributed by atoms with van der Waals surface area (Å²) in [4.78, 5) is 27.5. The minimum absolute atomic E-state index is 0.00998. The molecular formula is C19H23NO4. The number of nitrogens with zero attached hydrogens (tertiary/aromatic N) is 1. The number of benzene rings is 1. The lowest BCUT2D eigenvalue weighted by atomic mass is 9.73. The van der Waals surface area contributed by atoms with Crippen LogP contribution in [0.2, 0.25) is 0 Å². The van der Waals surface area contributed by atoms with E-state index in [0.717, 1.165) is 5.56 Å². The molecule has 0 radical (unpaired) electrons. The van der Waals surface area contributed by atoms with Gasteiger partial charge in [0.05, 0.1) is 12.0 Å². The van der Waals surface area contributed by atoms with Crippen molar-refractivity contribution in [3.8, 4) is 0 Å². The summed E-state index contributed by atoms with van der Waals surface area (Å²) in [7, 11) is 0. The number of aliphatic carboxylic acids is 1. The number of allylic oxidation sites excluding steroid dienone is 2. The second kappa shape index (κ2) is 7.43. The number of aliphatic imine (C=N–C) groups is 1. The van der Waals surface area contributed by atoms with E-state index in [4.69, 9.17) is 5.11 Å². The number of aliphatic hydroxyl groups is 1. The van der Waals surface area contributed by atoms with Crippen molar-refractivity contribution in [3.63, 3.8) is 0 Å². The molecule has 0 aliphatic heterocycles. The lowest BCUT2D eigenvalue weighted by Crippen LogP contribution is -2.33. The predicted molar refractivity (Wildman–Crippen MR) is 92.4 cm³/mol. The molecule has 0 amide bonds. The van der Waals surface area contributed by atoms with Crippen molar-refractivity contribution in [2.24, 2.45) is 10.4 Å². The Labute approximate surface area is 141 Å². The molecule has 5 heteroatoms. The van der Waals surface area contributed by atoms with Gasteiger partial charge in [-0.25, -0.2) is 0 Å². The first kappa shape index (κ1) is 17.9. The summed E-state index contributed by atoms with van der Waals surface area (Å²) in [6, 6.07) is 9.41. The number of hydrogen-bond acceptors (Lipinski definition) is 4. The van der Waals surface area contributed by atoms with Crippen molar-refractivity contribution in [3.05, 3.63) is 47.2 Å². The molecule has 0 aromatic heterocycles. The standard InChI is InChI=1S/C19H23NO4/c1-19(2)11-14(20-9-8-17(23)24)18(16(22)12-19)15(21)10-13-6-4-3-5-7-13/h3-7,21H,8-12H2,1-2H3,(H,23,24)/b18-15+,20-14?. The minimum atomic E-state index is -0.931. The fourth-order valence-electron chi connectivity index (χ4n) is 2.91. The molecule has 0 saturated heterocycles. The first-order chi connectivity index (χ1) is 11.3. The van der Waals surface area contributed by atoms with Gasteiger partial charge in [0.2, 0.25) is 0 Å². The number of rotatable bonds is 5. The van der Waals surface area contributed by atoms with Crippen molar-refractivity contribution in [2.75, 3.05) is 6.54 Å². The van der Waals surface area contributed by atoms with Gasteiger partial charge in [0.1, 0.15) is 5.76 Å². The van der Waals surface area contributed by atoms with Gasteiger partial charge in [-0.05, 0) is 17.4 Å². The molecule has 1 aliphatic carbocycles. The number of carboxylic acid groups (broad SMARTS) is 1. The van der Waals surface area contributed by atoms with Gasteiger partial charge in [0, 0.05) is 25.1 Å². The van der Waals surface area contributed by atoms with E-state index >= 15 is 0 Å². The molecule has 1 saturated carbocycles. The molecule has 1 aromatic carbocycles. The fraction of sp³-hybridized carbons (Fsp3) is 0.421. The number of ketones is 1. The van der Waals surface area contributed by atoms with Crippen LogP contribution in [-0.2, 0) is 16.0 Å². The van der Waals surface area contributed by atoms with E-state index in [9.17, 15) is 14.7 Å². The van der Waals surface area contributed by atoms with Gasteiger partial charge >= 0.3 is 5.97 Å². The Kier molecular flexibility index (Phi) is 5.54. The van der Waals surface area contributed by atoms with Gasteiger partial charge in [-0.1, -0.05) is 44.2 Å². The Morgan fingerprint density at radius 1 is 1.17 bits per heavy atom. The van der Waals surface area contributed by atoms with E-state index in [1.165, 1.54) is 0 Å². The van der Waals surface area contributed by atoms with Gasteiger partial charge in [-0.15, -0.1) is 0 Å². The van der Waals surface area contributed by atoms with Gasteiger partial charge in [0.25, 0.3) is 0 Å². The molecule has 0 bridgehead atoms. The maximum absolute atomic E-state index is 12.5. The van der Waals surface area contributed by atoms with Crippen molar-refractivity contribution in [2.45, 2.75) is 39.5 Å².